The topological polar surface area (TPSA) is 58.2 Å². The number of hydrogen-bond acceptors (Lipinski definition) is 6. The van der Waals surface area contributed by atoms with Crippen LogP contribution in [0.2, 0.25) is 0 Å². The number of ether oxygens (including phenoxy) is 1. The molecule has 4 rings (SSSR count). The van der Waals surface area contributed by atoms with E-state index >= 15 is 0 Å². The Morgan fingerprint density at radius 1 is 1.29 bits per heavy atom. The van der Waals surface area contributed by atoms with Gasteiger partial charge in [-0.25, -0.2) is 4.98 Å². The molecule has 24 heavy (non-hydrogen) atoms. The van der Waals surface area contributed by atoms with Gasteiger partial charge < -0.3 is 9.72 Å². The average Bonchev–Trinajstić information content (AvgIpc) is 3.28. The normalized spacial score (nSPS) is 18.0. The summed E-state index contributed by atoms with van der Waals surface area (Å²) in [6.45, 7) is 3.19. The zero-order valence-corrected chi connectivity index (χ0v) is 14.9. The summed E-state index contributed by atoms with van der Waals surface area (Å²) in [7, 11) is 0. The predicted molar refractivity (Wildman–Crippen MR) is 97.6 cm³/mol. The van der Waals surface area contributed by atoms with Crippen molar-refractivity contribution in [3.05, 3.63) is 50.0 Å². The number of aromatic nitrogens is 2. The lowest BCUT2D eigenvalue weighted by atomic mass is 10.2. The van der Waals surface area contributed by atoms with E-state index in [4.69, 9.17) is 4.74 Å². The van der Waals surface area contributed by atoms with Crippen molar-refractivity contribution in [3.63, 3.8) is 0 Å². The molecule has 5 nitrogen and oxygen atoms in total. The highest BCUT2D eigenvalue weighted by atomic mass is 32.1. The minimum absolute atomic E-state index is 0.0433. The van der Waals surface area contributed by atoms with Crippen LogP contribution in [-0.2, 0) is 17.8 Å². The zero-order valence-electron chi connectivity index (χ0n) is 13.2. The maximum atomic E-state index is 12.2. The number of fused-ring (bicyclic) bond motifs is 1. The summed E-state index contributed by atoms with van der Waals surface area (Å²) in [6.07, 6.45) is 2.52. The van der Waals surface area contributed by atoms with Crippen molar-refractivity contribution in [1.29, 1.82) is 0 Å². The van der Waals surface area contributed by atoms with Gasteiger partial charge in [-0.2, -0.15) is 0 Å². The largest absolute Gasteiger partial charge is 0.377 e. The Balaban J connectivity index is 1.55. The van der Waals surface area contributed by atoms with Crippen LogP contribution in [-0.4, -0.2) is 34.1 Å². The molecule has 1 fully saturated rings. The first-order valence-corrected chi connectivity index (χ1v) is 9.86. The predicted octanol–water partition coefficient (Wildman–Crippen LogP) is 3.23. The Morgan fingerprint density at radius 3 is 3.04 bits per heavy atom. The molecule has 1 N–H and O–H groups in total. The van der Waals surface area contributed by atoms with Gasteiger partial charge in [-0.3, -0.25) is 9.69 Å². The van der Waals surface area contributed by atoms with Gasteiger partial charge >= 0.3 is 0 Å². The third kappa shape index (κ3) is 3.59. The number of nitrogens with zero attached hydrogens (tertiary/aromatic N) is 2. The standard InChI is InChI=1S/C17H19N3O2S2/c21-17-16-14(5-8-24-16)18-15(19-17)11-20(9-12-3-1-6-22-12)10-13-4-2-7-23-13/h2,4-5,7-8,12H,1,3,6,9-11H2,(H,18,19,21)/t12-/m1/s1. The third-order valence-electron chi connectivity index (χ3n) is 4.18. The molecule has 3 aromatic heterocycles. The van der Waals surface area contributed by atoms with Crippen molar-refractivity contribution in [2.24, 2.45) is 0 Å². The van der Waals surface area contributed by atoms with Gasteiger partial charge in [0.1, 0.15) is 10.5 Å². The van der Waals surface area contributed by atoms with Crippen molar-refractivity contribution in [1.82, 2.24) is 14.9 Å². The van der Waals surface area contributed by atoms with Crippen molar-refractivity contribution in [3.8, 4) is 0 Å². The van der Waals surface area contributed by atoms with Crippen LogP contribution in [0, 0.1) is 0 Å². The molecule has 3 aromatic rings. The lowest BCUT2D eigenvalue weighted by Gasteiger charge is -2.24. The van der Waals surface area contributed by atoms with Crippen molar-refractivity contribution >= 4 is 32.9 Å². The fourth-order valence-corrected chi connectivity index (χ4v) is 4.56. The molecule has 1 atom stereocenters. The Kier molecular flexibility index (Phi) is 4.75. The van der Waals surface area contributed by atoms with E-state index in [1.165, 1.54) is 16.2 Å². The van der Waals surface area contributed by atoms with Crippen LogP contribution in [0.5, 0.6) is 0 Å². The molecule has 0 amide bonds. The third-order valence-corrected chi connectivity index (χ3v) is 5.95. The molecule has 0 aromatic carbocycles. The Hall–Kier alpha value is -1.54. The maximum Gasteiger partial charge on any atom is 0.268 e. The Labute approximate surface area is 147 Å². The average molecular weight is 361 g/mol. The van der Waals surface area contributed by atoms with Crippen molar-refractivity contribution < 1.29 is 4.74 Å². The molecule has 0 radical (unpaired) electrons. The fraction of sp³-hybridized carbons (Fsp3) is 0.412. The summed E-state index contributed by atoms with van der Waals surface area (Å²) < 4.78 is 6.49. The van der Waals surface area contributed by atoms with Crippen LogP contribution >= 0.6 is 22.7 Å². The molecular formula is C17H19N3O2S2. The Bertz CT molecular complexity index is 850. The minimum Gasteiger partial charge on any atom is -0.377 e. The van der Waals surface area contributed by atoms with Gasteiger partial charge in [0, 0.05) is 24.6 Å². The summed E-state index contributed by atoms with van der Waals surface area (Å²) in [4.78, 5) is 23.4. The molecule has 126 valence electrons. The lowest BCUT2D eigenvalue weighted by Crippen LogP contribution is -2.32. The minimum atomic E-state index is -0.0433. The van der Waals surface area contributed by atoms with Crippen LogP contribution in [0.3, 0.4) is 0 Å². The van der Waals surface area contributed by atoms with Gasteiger partial charge in [-0.15, -0.1) is 22.7 Å². The summed E-state index contributed by atoms with van der Waals surface area (Å²) in [6, 6.07) is 6.12. The summed E-state index contributed by atoms with van der Waals surface area (Å²) in [5.74, 6) is 0.723. The number of rotatable bonds is 6. The molecule has 1 aliphatic heterocycles. The summed E-state index contributed by atoms with van der Waals surface area (Å²) in [5, 5.41) is 4.00. The molecule has 0 aliphatic carbocycles. The Morgan fingerprint density at radius 2 is 2.25 bits per heavy atom. The molecule has 1 aliphatic rings. The molecular weight excluding hydrogens is 342 g/mol. The van der Waals surface area contributed by atoms with Crippen LogP contribution < -0.4 is 5.56 Å². The van der Waals surface area contributed by atoms with Gasteiger partial charge in [0.05, 0.1) is 18.2 Å². The van der Waals surface area contributed by atoms with Gasteiger partial charge in [-0.1, -0.05) is 6.07 Å². The van der Waals surface area contributed by atoms with Crippen LogP contribution in [0.4, 0.5) is 0 Å². The van der Waals surface area contributed by atoms with Crippen LogP contribution in [0.25, 0.3) is 10.2 Å². The molecule has 1 saturated heterocycles. The SMILES string of the molecule is O=c1[nH]c(CN(Cc2cccs2)C[C@H]2CCCO2)nc2ccsc12. The summed E-state index contributed by atoms with van der Waals surface area (Å²) in [5.41, 5.74) is 0.741. The monoisotopic (exact) mass is 361 g/mol. The summed E-state index contributed by atoms with van der Waals surface area (Å²) >= 11 is 3.19. The molecule has 7 heteroatoms. The number of thiophene rings is 2. The van der Waals surface area contributed by atoms with Gasteiger partial charge in [-0.05, 0) is 35.7 Å². The molecule has 0 saturated carbocycles. The van der Waals surface area contributed by atoms with E-state index in [2.05, 4.69) is 32.4 Å². The maximum absolute atomic E-state index is 12.2. The van der Waals surface area contributed by atoms with Gasteiger partial charge in [0.15, 0.2) is 0 Å². The van der Waals surface area contributed by atoms with E-state index in [1.807, 2.05) is 11.4 Å². The van der Waals surface area contributed by atoms with E-state index < -0.39 is 0 Å². The van der Waals surface area contributed by atoms with Gasteiger partial charge in [0.25, 0.3) is 5.56 Å². The number of aromatic amines is 1. The first-order valence-electron chi connectivity index (χ1n) is 8.11. The van der Waals surface area contributed by atoms with Crippen molar-refractivity contribution in [2.75, 3.05) is 13.2 Å². The van der Waals surface area contributed by atoms with E-state index in [1.54, 1.807) is 11.3 Å². The highest BCUT2D eigenvalue weighted by molar-refractivity contribution is 7.17. The van der Waals surface area contributed by atoms with Crippen LogP contribution in [0.1, 0.15) is 23.5 Å². The second-order valence-corrected chi connectivity index (χ2v) is 7.98. The highest BCUT2D eigenvalue weighted by Crippen LogP contribution is 2.19. The van der Waals surface area contributed by atoms with Crippen molar-refractivity contribution in [2.45, 2.75) is 32.0 Å². The quantitative estimate of drug-likeness (QED) is 0.732. The number of hydrogen-bond donors (Lipinski definition) is 1. The van der Waals surface area contributed by atoms with E-state index in [0.29, 0.717) is 11.2 Å². The van der Waals surface area contributed by atoms with Crippen LogP contribution in [0.15, 0.2) is 33.8 Å². The number of nitrogens with one attached hydrogen (secondary N) is 1. The molecule has 0 unspecified atom stereocenters. The molecule has 0 spiro atoms. The van der Waals surface area contributed by atoms with E-state index in [-0.39, 0.29) is 11.7 Å². The smallest absolute Gasteiger partial charge is 0.268 e. The number of H-pyrrole nitrogens is 1. The van der Waals surface area contributed by atoms with E-state index in [9.17, 15) is 4.79 Å². The second kappa shape index (κ2) is 7.14. The second-order valence-electron chi connectivity index (χ2n) is 6.03. The fourth-order valence-electron chi connectivity index (χ4n) is 3.09. The first kappa shape index (κ1) is 16.0. The highest BCUT2D eigenvalue weighted by Gasteiger charge is 2.20. The van der Waals surface area contributed by atoms with Gasteiger partial charge in [0.2, 0.25) is 0 Å². The molecule has 4 heterocycles. The zero-order chi connectivity index (χ0) is 16.4. The molecule has 0 bridgehead atoms. The van der Waals surface area contributed by atoms with E-state index in [0.717, 1.165) is 43.9 Å². The lowest BCUT2D eigenvalue weighted by molar-refractivity contribution is 0.0674. The first-order chi connectivity index (χ1) is 11.8.